The number of pyridine rings is 1. The highest BCUT2D eigenvalue weighted by atomic mass is 32.2. The van der Waals surface area contributed by atoms with Gasteiger partial charge in [-0.2, -0.15) is 0 Å². The van der Waals surface area contributed by atoms with Crippen molar-refractivity contribution in [3.63, 3.8) is 0 Å². The van der Waals surface area contributed by atoms with Crippen LogP contribution in [0.2, 0.25) is 0 Å². The van der Waals surface area contributed by atoms with Crippen LogP contribution in [0, 0.1) is 16.6 Å². The third-order valence-corrected chi connectivity index (χ3v) is 8.84. The molecule has 5 rings (SSSR count). The number of nitrogens with zero attached hydrogens (tertiary/aromatic N) is 3. The number of piperidine rings is 1. The predicted octanol–water partition coefficient (Wildman–Crippen LogP) is 4.87. The third-order valence-electron chi connectivity index (χ3n) is 7.40. The van der Waals surface area contributed by atoms with Crippen LogP contribution in [0.1, 0.15) is 33.7 Å². The maximum Gasteiger partial charge on any atom is 0.253 e. The number of Topliss-reactive ketones (excluding diaryl/α,β-unsaturated/α-hetero) is 1. The molecule has 0 bridgehead atoms. The molecule has 3 aromatic rings. The summed E-state index contributed by atoms with van der Waals surface area (Å²) in [6.45, 7) is 0.569. The van der Waals surface area contributed by atoms with Gasteiger partial charge in [-0.1, -0.05) is 17.7 Å². The number of anilines is 1. The Morgan fingerprint density at radius 2 is 1.93 bits per heavy atom. The van der Waals surface area contributed by atoms with Crippen LogP contribution in [0.3, 0.4) is 0 Å². The molecule has 1 saturated heterocycles. The quantitative estimate of drug-likeness (QED) is 0.227. The summed E-state index contributed by atoms with van der Waals surface area (Å²) >= 11 is -1.64. The van der Waals surface area contributed by atoms with Crippen LogP contribution in [0.25, 0.3) is 0 Å². The summed E-state index contributed by atoms with van der Waals surface area (Å²) in [6, 6.07) is 17.8. The molecular formula is C31H30FN5O3S. The summed E-state index contributed by atoms with van der Waals surface area (Å²) in [6.07, 6.45) is 5.34. The molecule has 2 atom stereocenters. The van der Waals surface area contributed by atoms with Gasteiger partial charge >= 0.3 is 0 Å². The summed E-state index contributed by atoms with van der Waals surface area (Å²) < 4.78 is 29.1. The highest BCUT2D eigenvalue weighted by Crippen LogP contribution is 2.47. The highest BCUT2D eigenvalue weighted by molar-refractivity contribution is 7.89. The summed E-state index contributed by atoms with van der Waals surface area (Å²) in [5, 5.41) is 11.5. The molecule has 1 aliphatic carbocycles. The lowest BCUT2D eigenvalue weighted by Gasteiger charge is -2.45. The van der Waals surface area contributed by atoms with Gasteiger partial charge in [0.2, 0.25) is 0 Å². The van der Waals surface area contributed by atoms with E-state index < -0.39 is 16.8 Å². The number of hydrogen-bond acceptors (Lipinski definition) is 7. The van der Waals surface area contributed by atoms with Crippen molar-refractivity contribution >= 4 is 35.0 Å². The Hall–Kier alpha value is -4.12. The molecule has 2 unspecified atom stereocenters. The SMILES string of the molecule is CN(C)C(=O)c1cccc([S+]([O-])N2CCC3=CC(Nc4ccc(F)cc4)=C(C=N)CC3(C(=O)c3ccccn3)C2)c1. The number of amides is 1. The van der Waals surface area contributed by atoms with Crippen molar-refractivity contribution in [1.82, 2.24) is 14.2 Å². The molecule has 0 saturated carbocycles. The Morgan fingerprint density at radius 1 is 1.15 bits per heavy atom. The molecule has 10 heteroatoms. The van der Waals surface area contributed by atoms with Crippen molar-refractivity contribution in [2.45, 2.75) is 17.7 Å². The topological polar surface area (TPSA) is 112 Å². The van der Waals surface area contributed by atoms with Gasteiger partial charge in [-0.3, -0.25) is 14.6 Å². The van der Waals surface area contributed by atoms with E-state index in [1.807, 2.05) is 6.08 Å². The minimum Gasteiger partial charge on any atom is -0.593 e. The standard InChI is InChI=1S/C31H30FN5O3S/c1-36(2)30(39)21-6-5-7-26(16-21)41(40)37-15-13-23-17-28(35-25-11-9-24(32)10-12-25)22(19-33)18-31(23,20-37)29(38)27-8-3-4-14-34-27/h3-12,14,16-17,19,33,35H,13,15,18,20H2,1-2H3. The van der Waals surface area contributed by atoms with Gasteiger partial charge < -0.3 is 20.2 Å². The second-order valence-electron chi connectivity index (χ2n) is 10.3. The molecule has 1 amide bonds. The number of nitrogens with one attached hydrogen (secondary N) is 2. The lowest BCUT2D eigenvalue weighted by molar-refractivity contribution is 0.0769. The minimum atomic E-state index is -1.64. The first kappa shape index (κ1) is 28.4. The summed E-state index contributed by atoms with van der Waals surface area (Å²) in [5.74, 6) is -0.748. The normalized spacial score (nSPS) is 19.6. The number of carbonyl (C=O) groups is 2. The van der Waals surface area contributed by atoms with Crippen LogP contribution >= 0.6 is 0 Å². The van der Waals surface area contributed by atoms with Crippen LogP contribution in [-0.2, 0) is 11.4 Å². The Balaban J connectivity index is 1.51. The van der Waals surface area contributed by atoms with Crippen molar-refractivity contribution in [3.8, 4) is 0 Å². The van der Waals surface area contributed by atoms with E-state index >= 15 is 0 Å². The Morgan fingerprint density at radius 3 is 2.61 bits per heavy atom. The molecular weight excluding hydrogens is 541 g/mol. The predicted molar refractivity (Wildman–Crippen MR) is 157 cm³/mol. The zero-order chi connectivity index (χ0) is 29.1. The van der Waals surface area contributed by atoms with E-state index in [9.17, 15) is 18.5 Å². The van der Waals surface area contributed by atoms with Gasteiger partial charge in [-0.15, -0.1) is 4.31 Å². The van der Waals surface area contributed by atoms with Gasteiger partial charge in [0.25, 0.3) is 5.91 Å². The van der Waals surface area contributed by atoms with Gasteiger partial charge in [-0.05, 0) is 73.0 Å². The van der Waals surface area contributed by atoms with E-state index in [2.05, 4.69) is 10.3 Å². The number of benzene rings is 2. The van der Waals surface area contributed by atoms with Crippen molar-refractivity contribution in [3.05, 3.63) is 113 Å². The average molecular weight is 572 g/mol. The van der Waals surface area contributed by atoms with E-state index in [0.717, 1.165) is 5.57 Å². The Labute approximate surface area is 241 Å². The molecule has 41 heavy (non-hydrogen) atoms. The van der Waals surface area contributed by atoms with E-state index in [-0.39, 0.29) is 30.5 Å². The fraction of sp³-hybridized carbons (Fsp3) is 0.226. The van der Waals surface area contributed by atoms with E-state index in [0.29, 0.717) is 46.1 Å². The van der Waals surface area contributed by atoms with Gasteiger partial charge in [-0.25, -0.2) is 4.39 Å². The molecule has 1 aliphatic heterocycles. The third kappa shape index (κ3) is 5.72. The molecule has 2 aromatic carbocycles. The minimum absolute atomic E-state index is 0.147. The average Bonchev–Trinajstić information content (AvgIpc) is 3.00. The number of aromatic nitrogens is 1. The molecule has 0 radical (unpaired) electrons. The Kier molecular flexibility index (Phi) is 8.16. The van der Waals surface area contributed by atoms with Crippen molar-refractivity contribution < 1.29 is 18.5 Å². The number of ketones is 1. The lowest BCUT2D eigenvalue weighted by Crippen LogP contribution is -2.52. The van der Waals surface area contributed by atoms with Gasteiger partial charge in [0.15, 0.2) is 10.7 Å². The first-order valence-corrected chi connectivity index (χ1v) is 14.2. The number of fused-ring (bicyclic) bond motifs is 1. The van der Waals surface area contributed by atoms with E-state index in [1.165, 1.54) is 23.2 Å². The van der Waals surface area contributed by atoms with Crippen molar-refractivity contribution in [2.75, 3.05) is 32.5 Å². The van der Waals surface area contributed by atoms with Gasteiger partial charge in [0, 0.05) is 56.1 Å². The van der Waals surface area contributed by atoms with Crippen LogP contribution in [0.4, 0.5) is 10.1 Å². The van der Waals surface area contributed by atoms with Gasteiger partial charge in [0.05, 0.1) is 23.3 Å². The maximum atomic E-state index is 14.2. The first-order chi connectivity index (χ1) is 19.7. The molecule has 210 valence electrons. The molecule has 2 aliphatic rings. The van der Waals surface area contributed by atoms with Crippen molar-refractivity contribution in [1.29, 1.82) is 5.41 Å². The zero-order valence-electron chi connectivity index (χ0n) is 22.8. The largest absolute Gasteiger partial charge is 0.593 e. The number of carbonyl (C=O) groups excluding carboxylic acids is 2. The first-order valence-electron chi connectivity index (χ1n) is 13.1. The summed E-state index contributed by atoms with van der Waals surface area (Å²) in [7, 11) is 3.32. The lowest BCUT2D eigenvalue weighted by atomic mass is 9.65. The number of allylic oxidation sites excluding steroid dienone is 2. The fourth-order valence-electron chi connectivity index (χ4n) is 5.29. The van der Waals surface area contributed by atoms with Crippen molar-refractivity contribution in [2.24, 2.45) is 5.41 Å². The smallest absolute Gasteiger partial charge is 0.253 e. The Bertz CT molecular complexity index is 1540. The molecule has 1 fully saturated rings. The summed E-state index contributed by atoms with van der Waals surface area (Å²) in [5.41, 5.74) is 2.40. The van der Waals surface area contributed by atoms with Crippen LogP contribution in [0.15, 0.2) is 101 Å². The van der Waals surface area contributed by atoms with Crippen LogP contribution in [-0.4, -0.2) is 63.8 Å². The second-order valence-corrected chi connectivity index (χ2v) is 11.8. The highest BCUT2D eigenvalue weighted by Gasteiger charge is 2.51. The van der Waals surface area contributed by atoms with Gasteiger partial charge in [0.1, 0.15) is 11.5 Å². The van der Waals surface area contributed by atoms with Crippen LogP contribution < -0.4 is 5.32 Å². The maximum absolute atomic E-state index is 14.2. The monoisotopic (exact) mass is 571 g/mol. The molecule has 0 spiro atoms. The van der Waals surface area contributed by atoms with E-state index in [1.54, 1.807) is 79.2 Å². The number of rotatable bonds is 8. The number of hydrogen-bond donors (Lipinski definition) is 2. The molecule has 2 heterocycles. The van der Waals surface area contributed by atoms with Crippen LogP contribution in [0.5, 0.6) is 0 Å². The number of halogens is 1. The summed E-state index contributed by atoms with van der Waals surface area (Å²) in [4.78, 5) is 33.0. The second kappa shape index (κ2) is 11.8. The molecule has 2 N–H and O–H groups in total. The molecule has 8 nitrogen and oxygen atoms in total. The fourth-order valence-corrected chi connectivity index (χ4v) is 6.61. The zero-order valence-corrected chi connectivity index (χ0v) is 23.6. The van der Waals surface area contributed by atoms with E-state index in [4.69, 9.17) is 5.41 Å². The molecule has 1 aromatic heterocycles.